The van der Waals surface area contributed by atoms with Crippen molar-refractivity contribution >= 4 is 12.3 Å². The van der Waals surface area contributed by atoms with E-state index in [1.54, 1.807) is 4.58 Å². The van der Waals surface area contributed by atoms with E-state index in [1.165, 1.54) is 5.56 Å². The summed E-state index contributed by atoms with van der Waals surface area (Å²) in [6.07, 6.45) is 3.61. The Morgan fingerprint density at radius 2 is 1.95 bits per heavy atom. The molecule has 1 aromatic carbocycles. The van der Waals surface area contributed by atoms with E-state index in [0.29, 0.717) is 5.92 Å². The molecule has 3 nitrogen and oxygen atoms in total. The van der Waals surface area contributed by atoms with Crippen LogP contribution < -0.4 is 0 Å². The molecule has 3 heteroatoms. The van der Waals surface area contributed by atoms with Crippen molar-refractivity contribution in [3.8, 4) is 0 Å². The summed E-state index contributed by atoms with van der Waals surface area (Å²) in [5.41, 5.74) is 0.920. The fourth-order valence-corrected chi connectivity index (χ4v) is 2.27. The number of hydrogen-bond donors (Lipinski definition) is 0. The van der Waals surface area contributed by atoms with Crippen molar-refractivity contribution in [3.63, 3.8) is 0 Å². The van der Waals surface area contributed by atoms with Crippen LogP contribution >= 0.6 is 0 Å². The molecule has 1 aliphatic heterocycles. The molecule has 0 aliphatic carbocycles. The normalized spacial score (nSPS) is 19.7. The Balaban J connectivity index is 1.99. The van der Waals surface area contributed by atoms with Crippen LogP contribution in [0.25, 0.3) is 0 Å². The molecular formula is C16H22NO2+. The molecule has 0 aromatic heterocycles. The van der Waals surface area contributed by atoms with E-state index in [-0.39, 0.29) is 6.09 Å². The van der Waals surface area contributed by atoms with Crippen LogP contribution in [-0.2, 0) is 4.74 Å². The lowest BCUT2D eigenvalue weighted by Gasteiger charge is -2.20. The number of carbonyl (C=O) groups is 1. The predicted octanol–water partition coefficient (Wildman–Crippen LogP) is 3.58. The van der Waals surface area contributed by atoms with Crippen LogP contribution in [0.2, 0.25) is 0 Å². The monoisotopic (exact) mass is 260 g/mol. The van der Waals surface area contributed by atoms with Gasteiger partial charge in [-0.3, -0.25) is 0 Å². The first-order valence-corrected chi connectivity index (χ1v) is 6.83. The molecule has 1 unspecified atom stereocenters. The topological polar surface area (TPSA) is 29.3 Å². The highest BCUT2D eigenvalue weighted by Crippen LogP contribution is 2.25. The lowest BCUT2D eigenvalue weighted by Crippen LogP contribution is -2.34. The van der Waals surface area contributed by atoms with Gasteiger partial charge in [-0.2, -0.15) is 4.79 Å². The lowest BCUT2D eigenvalue weighted by atomic mass is 9.91. The predicted molar refractivity (Wildman–Crippen MR) is 75.8 cm³/mol. The summed E-state index contributed by atoms with van der Waals surface area (Å²) in [5, 5.41) is 0. The average Bonchev–Trinajstić information content (AvgIpc) is 2.38. The molecular weight excluding hydrogens is 238 g/mol. The highest BCUT2D eigenvalue weighted by Gasteiger charge is 2.30. The molecule has 0 bridgehead atoms. The van der Waals surface area contributed by atoms with Crippen LogP contribution in [0.15, 0.2) is 30.3 Å². The number of rotatable bonds is 1. The minimum atomic E-state index is -0.429. The quantitative estimate of drug-likeness (QED) is 0.722. The lowest BCUT2D eigenvalue weighted by molar-refractivity contribution is -0.452. The maximum atomic E-state index is 11.9. The third-order valence-electron chi connectivity index (χ3n) is 3.23. The van der Waals surface area contributed by atoms with Crippen LogP contribution in [0.5, 0.6) is 0 Å². The number of carbonyl (C=O) groups excluding carboxylic acids is 1. The van der Waals surface area contributed by atoms with Gasteiger partial charge in [0.15, 0.2) is 12.8 Å². The van der Waals surface area contributed by atoms with E-state index in [2.05, 4.69) is 24.3 Å². The standard InChI is InChI=1S/C16H22NO2/c1-16(2,3)19-15(18)17-11-9-14(10-12-17)13-7-5-4-6-8-13/h4-8,11,14H,9-10,12H2,1-3H3/q+1. The highest BCUT2D eigenvalue weighted by atomic mass is 16.6. The van der Waals surface area contributed by atoms with Crippen LogP contribution in [0.4, 0.5) is 4.79 Å². The Bertz CT molecular complexity index is 471. The summed E-state index contributed by atoms with van der Waals surface area (Å²) in [6, 6.07) is 10.5. The van der Waals surface area contributed by atoms with Gasteiger partial charge in [0.1, 0.15) is 5.60 Å². The zero-order valence-electron chi connectivity index (χ0n) is 11.9. The summed E-state index contributed by atoms with van der Waals surface area (Å²) < 4.78 is 7.07. The van der Waals surface area contributed by atoms with Gasteiger partial charge in [0.05, 0.1) is 0 Å². The van der Waals surface area contributed by atoms with Gasteiger partial charge >= 0.3 is 6.09 Å². The molecule has 1 heterocycles. The van der Waals surface area contributed by atoms with Crippen LogP contribution in [-0.4, -0.2) is 29.0 Å². The van der Waals surface area contributed by atoms with Crippen molar-refractivity contribution < 1.29 is 14.1 Å². The Morgan fingerprint density at radius 1 is 1.26 bits per heavy atom. The molecule has 0 saturated heterocycles. The van der Waals surface area contributed by atoms with Gasteiger partial charge in [-0.15, -0.1) is 4.58 Å². The minimum Gasteiger partial charge on any atom is -0.406 e. The molecule has 1 aromatic rings. The van der Waals surface area contributed by atoms with E-state index in [0.717, 1.165) is 19.4 Å². The Morgan fingerprint density at radius 3 is 2.47 bits per heavy atom. The molecule has 0 spiro atoms. The Hall–Kier alpha value is -1.64. The Labute approximate surface area is 114 Å². The minimum absolute atomic E-state index is 0.237. The molecule has 2 rings (SSSR count). The fourth-order valence-electron chi connectivity index (χ4n) is 2.27. The fraction of sp³-hybridized carbons (Fsp3) is 0.500. The summed E-state index contributed by atoms with van der Waals surface area (Å²) in [7, 11) is 0. The van der Waals surface area contributed by atoms with Crippen LogP contribution in [0.3, 0.4) is 0 Å². The first-order valence-electron chi connectivity index (χ1n) is 6.83. The first-order chi connectivity index (χ1) is 8.96. The largest absolute Gasteiger partial charge is 0.596 e. The van der Waals surface area contributed by atoms with Gasteiger partial charge in [0.25, 0.3) is 0 Å². The maximum Gasteiger partial charge on any atom is 0.596 e. The van der Waals surface area contributed by atoms with Crippen molar-refractivity contribution in [2.75, 3.05) is 6.54 Å². The van der Waals surface area contributed by atoms with Gasteiger partial charge < -0.3 is 4.74 Å². The molecule has 102 valence electrons. The van der Waals surface area contributed by atoms with Crippen molar-refractivity contribution in [1.29, 1.82) is 0 Å². The van der Waals surface area contributed by atoms with Crippen molar-refractivity contribution in [2.24, 2.45) is 0 Å². The number of ether oxygens (including phenoxy) is 1. The highest BCUT2D eigenvalue weighted by molar-refractivity contribution is 5.67. The average molecular weight is 260 g/mol. The van der Waals surface area contributed by atoms with E-state index < -0.39 is 5.60 Å². The molecule has 0 N–H and O–H groups in total. The van der Waals surface area contributed by atoms with Gasteiger partial charge in [0, 0.05) is 12.8 Å². The maximum absolute atomic E-state index is 11.9. The van der Waals surface area contributed by atoms with Gasteiger partial charge in [-0.1, -0.05) is 30.3 Å². The van der Waals surface area contributed by atoms with Crippen molar-refractivity contribution in [1.82, 2.24) is 0 Å². The third-order valence-corrected chi connectivity index (χ3v) is 3.23. The third kappa shape index (κ3) is 3.91. The summed E-state index contributed by atoms with van der Waals surface area (Å²) in [6.45, 7) is 6.40. The van der Waals surface area contributed by atoms with Crippen molar-refractivity contribution in [3.05, 3.63) is 35.9 Å². The van der Waals surface area contributed by atoms with Gasteiger partial charge in [0.2, 0.25) is 0 Å². The van der Waals surface area contributed by atoms with Gasteiger partial charge in [-0.25, -0.2) is 0 Å². The SMILES string of the molecule is CC(C)(C)OC(=O)[N+]1=CCC(c2ccccc2)CC1. The number of nitrogens with zero attached hydrogens (tertiary/aromatic N) is 1. The van der Waals surface area contributed by atoms with E-state index in [4.69, 9.17) is 4.74 Å². The molecule has 1 aliphatic rings. The van der Waals surface area contributed by atoms with E-state index in [9.17, 15) is 4.79 Å². The van der Waals surface area contributed by atoms with Crippen LogP contribution in [0.1, 0.15) is 45.1 Å². The molecule has 0 fully saturated rings. The second-order valence-corrected chi connectivity index (χ2v) is 5.99. The second-order valence-electron chi connectivity index (χ2n) is 5.99. The van der Waals surface area contributed by atoms with Crippen molar-refractivity contribution in [2.45, 2.75) is 45.1 Å². The first kappa shape index (κ1) is 13.8. The Kier molecular flexibility index (Phi) is 4.03. The smallest absolute Gasteiger partial charge is 0.406 e. The van der Waals surface area contributed by atoms with Gasteiger partial charge in [-0.05, 0) is 32.3 Å². The van der Waals surface area contributed by atoms with E-state index in [1.807, 2.05) is 33.1 Å². The van der Waals surface area contributed by atoms with E-state index >= 15 is 0 Å². The summed E-state index contributed by atoms with van der Waals surface area (Å²) in [5.74, 6) is 0.514. The molecule has 1 atom stereocenters. The molecule has 19 heavy (non-hydrogen) atoms. The zero-order chi connectivity index (χ0) is 13.9. The molecule has 0 radical (unpaired) electrons. The zero-order valence-corrected chi connectivity index (χ0v) is 11.9. The molecule has 0 saturated carbocycles. The molecule has 1 amide bonds. The van der Waals surface area contributed by atoms with Crippen LogP contribution in [0, 0.1) is 0 Å². The second kappa shape index (κ2) is 5.55. The number of benzene rings is 1. The summed E-state index contributed by atoms with van der Waals surface area (Å²) in [4.78, 5) is 11.9. The number of hydrogen-bond acceptors (Lipinski definition) is 2. The number of amides is 1. The summed E-state index contributed by atoms with van der Waals surface area (Å²) >= 11 is 0.